The van der Waals surface area contributed by atoms with Gasteiger partial charge in [0.25, 0.3) is 0 Å². The fourth-order valence-electron chi connectivity index (χ4n) is 2.88. The van der Waals surface area contributed by atoms with Crippen LogP contribution in [-0.2, 0) is 4.74 Å². The number of nitrogens with two attached hydrogens (primary N) is 1. The smallest absolute Gasteiger partial charge is 0.134 e. The van der Waals surface area contributed by atoms with Crippen molar-refractivity contribution in [2.24, 2.45) is 5.73 Å². The van der Waals surface area contributed by atoms with Crippen molar-refractivity contribution in [2.75, 3.05) is 26.7 Å². The molecule has 2 aromatic rings. The number of nitrogens with zero attached hydrogens (tertiary/aromatic N) is 1. The standard InChI is InChI=1S/C16H22N2O2/c1-19-13-6-8-18(9-7-13)11-14(17)16-10-12-4-2-3-5-15(12)20-16/h2-5,10,13-14H,6-9,11,17H2,1H3. The molecule has 1 unspecified atom stereocenters. The number of rotatable bonds is 4. The van der Waals surface area contributed by atoms with Gasteiger partial charge >= 0.3 is 0 Å². The second-order valence-corrected chi connectivity index (χ2v) is 5.53. The maximum absolute atomic E-state index is 6.29. The van der Waals surface area contributed by atoms with E-state index in [1.807, 2.05) is 18.2 Å². The molecular formula is C16H22N2O2. The Kier molecular flexibility index (Phi) is 4.05. The number of fused-ring (bicyclic) bond motifs is 1. The molecule has 1 fully saturated rings. The maximum Gasteiger partial charge on any atom is 0.134 e. The number of para-hydroxylation sites is 1. The van der Waals surface area contributed by atoms with Gasteiger partial charge < -0.3 is 19.8 Å². The highest BCUT2D eigenvalue weighted by Crippen LogP contribution is 2.24. The number of furan rings is 1. The molecule has 0 spiro atoms. The summed E-state index contributed by atoms with van der Waals surface area (Å²) in [4.78, 5) is 2.40. The van der Waals surface area contributed by atoms with Crippen molar-refractivity contribution in [3.63, 3.8) is 0 Å². The second kappa shape index (κ2) is 5.95. The van der Waals surface area contributed by atoms with Crippen molar-refractivity contribution in [1.29, 1.82) is 0 Å². The van der Waals surface area contributed by atoms with Crippen LogP contribution < -0.4 is 5.73 Å². The summed E-state index contributed by atoms with van der Waals surface area (Å²) in [5.41, 5.74) is 7.20. The number of piperidine rings is 1. The molecular weight excluding hydrogens is 252 g/mol. The van der Waals surface area contributed by atoms with Gasteiger partial charge in [0.2, 0.25) is 0 Å². The van der Waals surface area contributed by atoms with E-state index in [-0.39, 0.29) is 6.04 Å². The minimum absolute atomic E-state index is 0.0681. The molecule has 1 aromatic heterocycles. The molecule has 20 heavy (non-hydrogen) atoms. The summed E-state index contributed by atoms with van der Waals surface area (Å²) in [5.74, 6) is 0.875. The van der Waals surface area contributed by atoms with Crippen molar-refractivity contribution in [3.05, 3.63) is 36.1 Å². The van der Waals surface area contributed by atoms with E-state index in [2.05, 4.69) is 17.0 Å². The van der Waals surface area contributed by atoms with Crippen molar-refractivity contribution < 1.29 is 9.15 Å². The maximum atomic E-state index is 6.29. The van der Waals surface area contributed by atoms with E-state index in [1.165, 1.54) is 0 Å². The van der Waals surface area contributed by atoms with Gasteiger partial charge in [0.1, 0.15) is 11.3 Å². The zero-order chi connectivity index (χ0) is 13.9. The third kappa shape index (κ3) is 2.87. The van der Waals surface area contributed by atoms with Crippen LogP contribution in [0, 0.1) is 0 Å². The van der Waals surface area contributed by atoms with Gasteiger partial charge in [-0.1, -0.05) is 18.2 Å². The third-order valence-electron chi connectivity index (χ3n) is 4.13. The van der Waals surface area contributed by atoms with Crippen molar-refractivity contribution in [2.45, 2.75) is 25.0 Å². The zero-order valence-electron chi connectivity index (χ0n) is 11.9. The quantitative estimate of drug-likeness (QED) is 0.931. The van der Waals surface area contributed by atoms with Crippen molar-refractivity contribution >= 4 is 11.0 Å². The van der Waals surface area contributed by atoms with E-state index in [0.717, 1.165) is 49.2 Å². The van der Waals surface area contributed by atoms with E-state index in [4.69, 9.17) is 14.9 Å². The predicted molar refractivity (Wildman–Crippen MR) is 79.6 cm³/mol. The zero-order valence-corrected chi connectivity index (χ0v) is 11.9. The number of methoxy groups -OCH3 is 1. The topological polar surface area (TPSA) is 51.6 Å². The first kappa shape index (κ1) is 13.6. The van der Waals surface area contributed by atoms with E-state index in [9.17, 15) is 0 Å². The summed E-state index contributed by atoms with van der Waals surface area (Å²) in [6.45, 7) is 2.94. The average molecular weight is 274 g/mol. The van der Waals surface area contributed by atoms with Gasteiger partial charge in [-0.15, -0.1) is 0 Å². The van der Waals surface area contributed by atoms with Gasteiger partial charge in [0.05, 0.1) is 12.1 Å². The lowest BCUT2D eigenvalue weighted by molar-refractivity contribution is 0.0390. The molecule has 1 aromatic carbocycles. The Labute approximate surface area is 119 Å². The van der Waals surface area contributed by atoms with E-state index in [0.29, 0.717) is 6.10 Å². The van der Waals surface area contributed by atoms with Gasteiger partial charge in [-0.25, -0.2) is 0 Å². The fourth-order valence-corrected chi connectivity index (χ4v) is 2.88. The molecule has 1 atom stereocenters. The Hall–Kier alpha value is -1.36. The van der Waals surface area contributed by atoms with Crippen LogP contribution in [0.1, 0.15) is 24.6 Å². The van der Waals surface area contributed by atoms with Gasteiger partial charge in [-0.3, -0.25) is 0 Å². The Bertz CT molecular complexity index is 525. The highest BCUT2D eigenvalue weighted by molar-refractivity contribution is 5.77. The minimum Gasteiger partial charge on any atom is -0.459 e. The first-order valence-corrected chi connectivity index (χ1v) is 7.25. The second-order valence-electron chi connectivity index (χ2n) is 5.53. The van der Waals surface area contributed by atoms with Gasteiger partial charge in [0.15, 0.2) is 0 Å². The monoisotopic (exact) mass is 274 g/mol. The lowest BCUT2D eigenvalue weighted by Crippen LogP contribution is -2.40. The Balaban J connectivity index is 1.63. The predicted octanol–water partition coefficient (Wildman–Crippen LogP) is 2.54. The molecule has 1 aliphatic heterocycles. The van der Waals surface area contributed by atoms with Crippen LogP contribution in [-0.4, -0.2) is 37.7 Å². The molecule has 3 rings (SSSR count). The third-order valence-corrected chi connectivity index (χ3v) is 4.13. The molecule has 0 saturated carbocycles. The van der Waals surface area contributed by atoms with Crippen molar-refractivity contribution in [3.8, 4) is 0 Å². The van der Waals surface area contributed by atoms with Crippen LogP contribution in [0.15, 0.2) is 34.7 Å². The lowest BCUT2D eigenvalue weighted by Gasteiger charge is -2.32. The molecule has 0 aliphatic carbocycles. The van der Waals surface area contributed by atoms with E-state index in [1.54, 1.807) is 7.11 Å². The summed E-state index contributed by atoms with van der Waals surface area (Å²) >= 11 is 0. The number of hydrogen-bond donors (Lipinski definition) is 1. The Morgan fingerprint density at radius 2 is 2.10 bits per heavy atom. The molecule has 0 bridgehead atoms. The molecule has 4 heteroatoms. The van der Waals surface area contributed by atoms with Crippen LogP contribution in [0.25, 0.3) is 11.0 Å². The normalized spacial score (nSPS) is 19.5. The SMILES string of the molecule is COC1CCN(CC(N)c2cc3ccccc3o2)CC1. The molecule has 0 amide bonds. The van der Waals surface area contributed by atoms with Crippen LogP contribution in [0.5, 0.6) is 0 Å². The van der Waals surface area contributed by atoms with Crippen LogP contribution >= 0.6 is 0 Å². The first-order valence-electron chi connectivity index (χ1n) is 7.25. The highest BCUT2D eigenvalue weighted by atomic mass is 16.5. The summed E-state index contributed by atoms with van der Waals surface area (Å²) < 4.78 is 11.2. The number of likely N-dealkylation sites (tertiary alicyclic amines) is 1. The summed E-state index contributed by atoms with van der Waals surface area (Å²) in [6, 6.07) is 10.0. The first-order chi connectivity index (χ1) is 9.76. The number of hydrogen-bond acceptors (Lipinski definition) is 4. The van der Waals surface area contributed by atoms with Crippen LogP contribution in [0.4, 0.5) is 0 Å². The molecule has 2 N–H and O–H groups in total. The minimum atomic E-state index is -0.0681. The lowest BCUT2D eigenvalue weighted by atomic mass is 10.1. The fraction of sp³-hybridized carbons (Fsp3) is 0.500. The van der Waals surface area contributed by atoms with E-state index >= 15 is 0 Å². The molecule has 1 aliphatic rings. The van der Waals surface area contributed by atoms with Crippen LogP contribution in [0.3, 0.4) is 0 Å². The summed E-state index contributed by atoms with van der Waals surface area (Å²) in [7, 11) is 1.79. The Morgan fingerprint density at radius 3 is 2.80 bits per heavy atom. The molecule has 108 valence electrons. The summed E-state index contributed by atoms with van der Waals surface area (Å²) in [5, 5.41) is 1.12. The average Bonchev–Trinajstić information content (AvgIpc) is 2.92. The molecule has 4 nitrogen and oxygen atoms in total. The molecule has 0 radical (unpaired) electrons. The molecule has 2 heterocycles. The number of benzene rings is 1. The van der Waals surface area contributed by atoms with Gasteiger partial charge in [-0.2, -0.15) is 0 Å². The highest BCUT2D eigenvalue weighted by Gasteiger charge is 2.22. The summed E-state index contributed by atoms with van der Waals surface area (Å²) in [6.07, 6.45) is 2.58. The number of ether oxygens (including phenoxy) is 1. The van der Waals surface area contributed by atoms with Gasteiger partial charge in [-0.05, 0) is 25.0 Å². The van der Waals surface area contributed by atoms with E-state index < -0.39 is 0 Å². The van der Waals surface area contributed by atoms with Gasteiger partial charge in [0, 0.05) is 32.1 Å². The Morgan fingerprint density at radius 1 is 1.35 bits per heavy atom. The largest absolute Gasteiger partial charge is 0.459 e. The van der Waals surface area contributed by atoms with Crippen molar-refractivity contribution in [1.82, 2.24) is 4.90 Å². The molecule has 1 saturated heterocycles. The van der Waals surface area contributed by atoms with Crippen LogP contribution in [0.2, 0.25) is 0 Å².